The summed E-state index contributed by atoms with van der Waals surface area (Å²) in [6.45, 7) is 3.52. The van der Waals surface area contributed by atoms with Crippen LogP contribution in [0.4, 0.5) is 0 Å². The van der Waals surface area contributed by atoms with Crippen molar-refractivity contribution in [2.24, 2.45) is 11.7 Å². The summed E-state index contributed by atoms with van der Waals surface area (Å²) in [5, 5.41) is 13.0. The molecule has 8 heteroatoms. The van der Waals surface area contributed by atoms with E-state index in [-0.39, 0.29) is 11.9 Å². The Kier molecular flexibility index (Phi) is 3.98. The smallest absolute Gasteiger partial charge is 0.266 e. The number of nitrogens with two attached hydrogens (primary N) is 1. The lowest BCUT2D eigenvalue weighted by Crippen LogP contribution is -2.45. The molecule has 2 aromatic heterocycles. The minimum Gasteiger partial charge on any atom is -0.338 e. The molecular formula is C13H18N6OS. The van der Waals surface area contributed by atoms with Gasteiger partial charge in [0.2, 0.25) is 0 Å². The zero-order valence-corrected chi connectivity index (χ0v) is 12.7. The van der Waals surface area contributed by atoms with E-state index in [9.17, 15) is 4.79 Å². The van der Waals surface area contributed by atoms with E-state index in [1.54, 1.807) is 0 Å². The average Bonchev–Trinajstić information content (AvgIpc) is 3.17. The minimum absolute atomic E-state index is 0.0425. The molecule has 2 unspecified atom stereocenters. The van der Waals surface area contributed by atoms with Gasteiger partial charge >= 0.3 is 0 Å². The number of hydrogen-bond donors (Lipinski definition) is 1. The number of thiophene rings is 1. The Hall–Kier alpha value is -1.80. The van der Waals surface area contributed by atoms with E-state index in [1.807, 2.05) is 23.3 Å². The largest absolute Gasteiger partial charge is 0.338 e. The molecule has 1 fully saturated rings. The summed E-state index contributed by atoms with van der Waals surface area (Å²) in [7, 11) is 0. The standard InChI is InChI=1S/C13H18N6OS/c1-9(14)10-3-2-5-18(7-10)13(20)12-11(4-6-21-12)19-8-15-16-17-19/h4,6,8-10H,2-3,5,7,14H2,1H3. The van der Waals surface area contributed by atoms with Gasteiger partial charge in [-0.3, -0.25) is 4.79 Å². The third kappa shape index (κ3) is 2.81. The Labute approximate surface area is 126 Å². The molecule has 3 rings (SSSR count). The number of carbonyl (C=O) groups excluding carboxylic acids is 1. The maximum Gasteiger partial charge on any atom is 0.266 e. The predicted octanol–water partition coefficient (Wildman–Crippen LogP) is 0.923. The summed E-state index contributed by atoms with van der Waals surface area (Å²) in [5.41, 5.74) is 6.72. The second kappa shape index (κ2) is 5.90. The lowest BCUT2D eigenvalue weighted by molar-refractivity contribution is 0.0666. The van der Waals surface area contributed by atoms with Gasteiger partial charge in [0.1, 0.15) is 11.2 Å². The third-order valence-corrected chi connectivity index (χ3v) is 4.81. The van der Waals surface area contributed by atoms with E-state index in [0.717, 1.165) is 31.6 Å². The van der Waals surface area contributed by atoms with Crippen molar-refractivity contribution in [2.75, 3.05) is 13.1 Å². The maximum absolute atomic E-state index is 12.8. The molecule has 0 bridgehead atoms. The van der Waals surface area contributed by atoms with Gasteiger partial charge in [-0.25, -0.2) is 0 Å². The number of likely N-dealkylation sites (tertiary alicyclic amines) is 1. The molecule has 2 aromatic rings. The van der Waals surface area contributed by atoms with Crippen LogP contribution in [0.3, 0.4) is 0 Å². The number of piperidine rings is 1. The van der Waals surface area contributed by atoms with Crippen LogP contribution < -0.4 is 5.73 Å². The van der Waals surface area contributed by atoms with E-state index in [0.29, 0.717) is 10.8 Å². The quantitative estimate of drug-likeness (QED) is 0.911. The molecule has 1 aliphatic rings. The SMILES string of the molecule is CC(N)C1CCCN(C(=O)c2sccc2-n2cnnn2)C1. The Morgan fingerprint density at radius 1 is 1.57 bits per heavy atom. The lowest BCUT2D eigenvalue weighted by atomic mass is 9.92. The summed E-state index contributed by atoms with van der Waals surface area (Å²) >= 11 is 1.42. The molecule has 7 nitrogen and oxygen atoms in total. The summed E-state index contributed by atoms with van der Waals surface area (Å²) in [6, 6.07) is 1.98. The Morgan fingerprint density at radius 3 is 3.14 bits per heavy atom. The number of aromatic nitrogens is 4. The number of carbonyl (C=O) groups is 1. The van der Waals surface area contributed by atoms with Crippen molar-refractivity contribution in [3.05, 3.63) is 22.7 Å². The van der Waals surface area contributed by atoms with Crippen LogP contribution in [-0.2, 0) is 0 Å². The second-order valence-electron chi connectivity index (χ2n) is 5.40. The number of rotatable bonds is 3. The van der Waals surface area contributed by atoms with Gasteiger partial charge < -0.3 is 10.6 Å². The van der Waals surface area contributed by atoms with Crippen molar-refractivity contribution < 1.29 is 4.79 Å². The topological polar surface area (TPSA) is 89.9 Å². The van der Waals surface area contributed by atoms with E-state index >= 15 is 0 Å². The van der Waals surface area contributed by atoms with E-state index in [2.05, 4.69) is 15.5 Å². The predicted molar refractivity (Wildman–Crippen MR) is 79.3 cm³/mol. The summed E-state index contributed by atoms with van der Waals surface area (Å²) in [5.74, 6) is 0.417. The van der Waals surface area contributed by atoms with Gasteiger partial charge in [-0.1, -0.05) is 0 Å². The molecule has 21 heavy (non-hydrogen) atoms. The first-order valence-electron chi connectivity index (χ1n) is 7.02. The number of tetrazole rings is 1. The average molecular weight is 306 g/mol. The minimum atomic E-state index is 0.0425. The number of nitrogens with zero attached hydrogens (tertiary/aromatic N) is 5. The molecule has 112 valence electrons. The normalized spacial score (nSPS) is 20.5. The van der Waals surface area contributed by atoms with Gasteiger partial charge in [-0.2, -0.15) is 4.68 Å². The van der Waals surface area contributed by atoms with Crippen molar-refractivity contribution in [3.8, 4) is 5.69 Å². The molecule has 1 amide bonds. The first-order valence-corrected chi connectivity index (χ1v) is 7.90. The molecule has 0 aromatic carbocycles. The number of amides is 1. The second-order valence-corrected chi connectivity index (χ2v) is 6.32. The van der Waals surface area contributed by atoms with Crippen LogP contribution in [0.5, 0.6) is 0 Å². The fourth-order valence-corrected chi connectivity index (χ4v) is 3.53. The summed E-state index contributed by atoms with van der Waals surface area (Å²) in [4.78, 5) is 15.3. The highest BCUT2D eigenvalue weighted by Crippen LogP contribution is 2.25. The van der Waals surface area contributed by atoms with Crippen LogP contribution in [0.15, 0.2) is 17.8 Å². The van der Waals surface area contributed by atoms with Crippen LogP contribution in [-0.4, -0.2) is 50.1 Å². The number of hydrogen-bond acceptors (Lipinski definition) is 6. The zero-order valence-electron chi connectivity index (χ0n) is 11.8. The third-order valence-electron chi connectivity index (χ3n) is 3.92. The van der Waals surface area contributed by atoms with Crippen LogP contribution in [0.1, 0.15) is 29.4 Å². The van der Waals surface area contributed by atoms with Crippen LogP contribution in [0.25, 0.3) is 5.69 Å². The highest BCUT2D eigenvalue weighted by atomic mass is 32.1. The molecule has 0 radical (unpaired) electrons. The van der Waals surface area contributed by atoms with E-state index in [1.165, 1.54) is 22.3 Å². The van der Waals surface area contributed by atoms with E-state index in [4.69, 9.17) is 5.73 Å². The molecule has 3 heterocycles. The summed E-state index contributed by atoms with van der Waals surface area (Å²) in [6.07, 6.45) is 3.59. The maximum atomic E-state index is 12.8. The van der Waals surface area contributed by atoms with Crippen molar-refractivity contribution >= 4 is 17.2 Å². The van der Waals surface area contributed by atoms with Crippen molar-refractivity contribution in [1.29, 1.82) is 0 Å². The van der Waals surface area contributed by atoms with Gasteiger partial charge in [0.05, 0.1) is 5.69 Å². The van der Waals surface area contributed by atoms with Crippen LogP contribution in [0.2, 0.25) is 0 Å². The van der Waals surface area contributed by atoms with E-state index < -0.39 is 0 Å². The Bertz CT molecular complexity index is 608. The van der Waals surface area contributed by atoms with Gasteiger partial charge in [-0.15, -0.1) is 16.4 Å². The molecule has 0 spiro atoms. The van der Waals surface area contributed by atoms with Gasteiger partial charge in [0.15, 0.2) is 0 Å². The highest BCUT2D eigenvalue weighted by molar-refractivity contribution is 7.12. The Morgan fingerprint density at radius 2 is 2.43 bits per heavy atom. The van der Waals surface area contributed by atoms with Crippen molar-refractivity contribution in [1.82, 2.24) is 25.1 Å². The molecule has 2 N–H and O–H groups in total. The van der Waals surface area contributed by atoms with Gasteiger partial charge in [-0.05, 0) is 47.6 Å². The fourth-order valence-electron chi connectivity index (χ4n) is 2.68. The lowest BCUT2D eigenvalue weighted by Gasteiger charge is -2.34. The molecule has 1 aliphatic heterocycles. The monoisotopic (exact) mass is 306 g/mol. The van der Waals surface area contributed by atoms with Gasteiger partial charge in [0.25, 0.3) is 5.91 Å². The van der Waals surface area contributed by atoms with Crippen molar-refractivity contribution in [3.63, 3.8) is 0 Å². The first kappa shape index (κ1) is 14.2. The van der Waals surface area contributed by atoms with Crippen LogP contribution >= 0.6 is 11.3 Å². The van der Waals surface area contributed by atoms with Crippen molar-refractivity contribution in [2.45, 2.75) is 25.8 Å². The first-order chi connectivity index (χ1) is 10.2. The Balaban J connectivity index is 1.81. The van der Waals surface area contributed by atoms with Gasteiger partial charge in [0, 0.05) is 19.1 Å². The molecule has 2 atom stereocenters. The molecule has 0 aliphatic carbocycles. The molecule has 0 saturated carbocycles. The highest BCUT2D eigenvalue weighted by Gasteiger charge is 2.28. The zero-order chi connectivity index (χ0) is 14.8. The fraction of sp³-hybridized carbons (Fsp3) is 0.538. The molecule has 1 saturated heterocycles. The molecular weight excluding hydrogens is 288 g/mol. The van der Waals surface area contributed by atoms with Crippen LogP contribution in [0, 0.1) is 5.92 Å². The summed E-state index contributed by atoms with van der Waals surface area (Å²) < 4.78 is 1.52.